The third kappa shape index (κ3) is 2.62. The van der Waals surface area contributed by atoms with Gasteiger partial charge in [-0.25, -0.2) is 4.39 Å². The molecule has 1 atom stereocenters. The zero-order valence-electron chi connectivity index (χ0n) is 10.5. The van der Waals surface area contributed by atoms with Crippen molar-refractivity contribution in [3.05, 3.63) is 34.6 Å². The summed E-state index contributed by atoms with van der Waals surface area (Å²) in [6.45, 7) is 7.78. The van der Waals surface area contributed by atoms with E-state index >= 15 is 0 Å². The van der Waals surface area contributed by atoms with Crippen LogP contribution in [0.4, 0.5) is 4.39 Å². The smallest absolute Gasteiger partial charge is 0.129 e. The maximum Gasteiger partial charge on any atom is 0.129 e. The second-order valence-electron chi connectivity index (χ2n) is 4.50. The summed E-state index contributed by atoms with van der Waals surface area (Å²) >= 11 is 0. The molecule has 1 aromatic carbocycles. The molecule has 0 radical (unpaired) electrons. The summed E-state index contributed by atoms with van der Waals surface area (Å²) in [6, 6.07) is 3.41. The molecular formula is C14H21FO. The van der Waals surface area contributed by atoms with E-state index in [4.69, 9.17) is 0 Å². The Morgan fingerprint density at radius 2 is 1.75 bits per heavy atom. The van der Waals surface area contributed by atoms with Gasteiger partial charge in [-0.15, -0.1) is 0 Å². The third-order valence-corrected chi connectivity index (χ3v) is 3.27. The fourth-order valence-corrected chi connectivity index (χ4v) is 2.27. The molecule has 2 heteroatoms. The lowest BCUT2D eigenvalue weighted by molar-refractivity contribution is 0.0989. The first-order chi connectivity index (χ1) is 7.51. The van der Waals surface area contributed by atoms with Crippen molar-refractivity contribution < 1.29 is 9.50 Å². The van der Waals surface area contributed by atoms with Crippen LogP contribution >= 0.6 is 0 Å². The van der Waals surface area contributed by atoms with Crippen molar-refractivity contribution >= 4 is 0 Å². The van der Waals surface area contributed by atoms with Gasteiger partial charge >= 0.3 is 0 Å². The lowest BCUT2D eigenvalue weighted by atomic mass is 9.88. The van der Waals surface area contributed by atoms with Gasteiger partial charge in [0.2, 0.25) is 0 Å². The number of aryl methyl sites for hydroxylation is 2. The van der Waals surface area contributed by atoms with Gasteiger partial charge in [-0.2, -0.15) is 0 Å². The predicted octanol–water partition coefficient (Wildman–Crippen LogP) is 3.91. The first-order valence-corrected chi connectivity index (χ1v) is 5.95. The number of hydrogen-bond donors (Lipinski definition) is 1. The Morgan fingerprint density at radius 1 is 1.19 bits per heavy atom. The molecule has 0 aliphatic rings. The number of rotatable bonds is 4. The molecular weight excluding hydrogens is 203 g/mol. The quantitative estimate of drug-likeness (QED) is 0.822. The van der Waals surface area contributed by atoms with Crippen LogP contribution in [-0.4, -0.2) is 5.11 Å². The molecule has 1 nitrogen and oxygen atoms in total. The van der Waals surface area contributed by atoms with Gasteiger partial charge in [0.15, 0.2) is 0 Å². The summed E-state index contributed by atoms with van der Waals surface area (Å²) in [5.74, 6) is -0.146. The van der Waals surface area contributed by atoms with Gasteiger partial charge < -0.3 is 5.11 Å². The van der Waals surface area contributed by atoms with E-state index in [1.54, 1.807) is 0 Å². The fourth-order valence-electron chi connectivity index (χ4n) is 2.27. The Hall–Kier alpha value is -0.890. The summed E-state index contributed by atoms with van der Waals surface area (Å²) < 4.78 is 13.8. The van der Waals surface area contributed by atoms with Crippen LogP contribution in [0.5, 0.6) is 0 Å². The van der Waals surface area contributed by atoms with Gasteiger partial charge in [-0.1, -0.05) is 32.8 Å². The SMILES string of the molecule is CCC(CC)C(O)c1c(C)cc(C)cc1F. The lowest BCUT2D eigenvalue weighted by Gasteiger charge is -2.22. The first kappa shape index (κ1) is 13.2. The number of halogens is 1. The summed E-state index contributed by atoms with van der Waals surface area (Å²) in [7, 11) is 0. The van der Waals surface area contributed by atoms with E-state index in [9.17, 15) is 9.50 Å². The molecule has 1 unspecified atom stereocenters. The molecule has 0 spiro atoms. The Bertz CT molecular complexity index is 333. The zero-order chi connectivity index (χ0) is 12.3. The van der Waals surface area contributed by atoms with Crippen LogP contribution in [0.2, 0.25) is 0 Å². The molecule has 1 N–H and O–H groups in total. The average Bonchev–Trinajstić information content (AvgIpc) is 2.17. The van der Waals surface area contributed by atoms with Crippen molar-refractivity contribution in [3.63, 3.8) is 0 Å². The van der Waals surface area contributed by atoms with Gasteiger partial charge in [0.05, 0.1) is 6.10 Å². The topological polar surface area (TPSA) is 20.2 Å². The standard InChI is InChI=1S/C14H21FO/c1-5-11(6-2)14(16)13-10(4)7-9(3)8-12(13)15/h7-8,11,14,16H,5-6H2,1-4H3. The summed E-state index contributed by atoms with van der Waals surface area (Å²) in [5, 5.41) is 10.2. The highest BCUT2D eigenvalue weighted by Crippen LogP contribution is 2.31. The number of benzene rings is 1. The van der Waals surface area contributed by atoms with Gasteiger partial charge in [-0.05, 0) is 37.0 Å². The third-order valence-electron chi connectivity index (χ3n) is 3.27. The molecule has 0 fully saturated rings. The maximum absolute atomic E-state index is 13.8. The summed E-state index contributed by atoms with van der Waals surface area (Å²) in [5.41, 5.74) is 2.21. The van der Waals surface area contributed by atoms with Gasteiger partial charge in [0.1, 0.15) is 5.82 Å². The second kappa shape index (κ2) is 5.44. The van der Waals surface area contributed by atoms with E-state index in [1.165, 1.54) is 6.07 Å². The minimum atomic E-state index is -0.685. The van der Waals surface area contributed by atoms with E-state index in [0.717, 1.165) is 24.0 Å². The van der Waals surface area contributed by atoms with Crippen LogP contribution in [-0.2, 0) is 0 Å². The van der Waals surface area contributed by atoms with E-state index < -0.39 is 6.10 Å². The van der Waals surface area contributed by atoms with Crippen molar-refractivity contribution in [2.24, 2.45) is 5.92 Å². The van der Waals surface area contributed by atoms with E-state index in [2.05, 4.69) is 0 Å². The normalized spacial score (nSPS) is 13.2. The molecule has 1 rings (SSSR count). The van der Waals surface area contributed by atoms with Gasteiger partial charge in [-0.3, -0.25) is 0 Å². The van der Waals surface area contributed by atoms with Crippen LogP contribution in [0, 0.1) is 25.6 Å². The van der Waals surface area contributed by atoms with Crippen molar-refractivity contribution in [3.8, 4) is 0 Å². The summed E-state index contributed by atoms with van der Waals surface area (Å²) in [4.78, 5) is 0. The second-order valence-corrected chi connectivity index (χ2v) is 4.50. The first-order valence-electron chi connectivity index (χ1n) is 5.95. The minimum absolute atomic E-state index is 0.135. The van der Waals surface area contributed by atoms with E-state index in [0.29, 0.717) is 5.56 Å². The molecule has 0 bridgehead atoms. The molecule has 16 heavy (non-hydrogen) atoms. The highest BCUT2D eigenvalue weighted by atomic mass is 19.1. The maximum atomic E-state index is 13.8. The lowest BCUT2D eigenvalue weighted by Crippen LogP contribution is -2.14. The highest BCUT2D eigenvalue weighted by Gasteiger charge is 2.22. The van der Waals surface area contributed by atoms with Gasteiger partial charge in [0.25, 0.3) is 0 Å². The molecule has 1 aromatic rings. The minimum Gasteiger partial charge on any atom is -0.388 e. The molecule has 0 aromatic heterocycles. The van der Waals surface area contributed by atoms with Gasteiger partial charge in [0, 0.05) is 5.56 Å². The van der Waals surface area contributed by atoms with Crippen molar-refractivity contribution in [2.45, 2.75) is 46.6 Å². The largest absolute Gasteiger partial charge is 0.388 e. The van der Waals surface area contributed by atoms with Crippen molar-refractivity contribution in [1.82, 2.24) is 0 Å². The summed E-state index contributed by atoms with van der Waals surface area (Å²) in [6.07, 6.45) is 1.05. The molecule has 0 amide bonds. The Balaban J connectivity index is 3.12. The van der Waals surface area contributed by atoms with Crippen LogP contribution < -0.4 is 0 Å². The van der Waals surface area contributed by atoms with E-state index in [-0.39, 0.29) is 11.7 Å². The van der Waals surface area contributed by atoms with Crippen LogP contribution in [0.3, 0.4) is 0 Å². The number of aliphatic hydroxyl groups excluding tert-OH is 1. The zero-order valence-corrected chi connectivity index (χ0v) is 10.5. The Labute approximate surface area is 97.3 Å². The number of aliphatic hydroxyl groups is 1. The van der Waals surface area contributed by atoms with Crippen LogP contribution in [0.1, 0.15) is 49.5 Å². The fraction of sp³-hybridized carbons (Fsp3) is 0.571. The van der Waals surface area contributed by atoms with Crippen molar-refractivity contribution in [2.75, 3.05) is 0 Å². The Morgan fingerprint density at radius 3 is 2.19 bits per heavy atom. The van der Waals surface area contributed by atoms with Crippen LogP contribution in [0.25, 0.3) is 0 Å². The Kier molecular flexibility index (Phi) is 4.48. The monoisotopic (exact) mass is 224 g/mol. The highest BCUT2D eigenvalue weighted by molar-refractivity contribution is 5.33. The van der Waals surface area contributed by atoms with Crippen molar-refractivity contribution in [1.29, 1.82) is 0 Å². The molecule has 0 aliphatic heterocycles. The predicted molar refractivity (Wildman–Crippen MR) is 64.9 cm³/mol. The van der Waals surface area contributed by atoms with E-state index in [1.807, 2.05) is 33.8 Å². The molecule has 0 saturated carbocycles. The molecule has 90 valence electrons. The van der Waals surface area contributed by atoms with Crippen LogP contribution in [0.15, 0.2) is 12.1 Å². The molecule has 0 aliphatic carbocycles. The molecule has 0 saturated heterocycles. The number of hydrogen-bond acceptors (Lipinski definition) is 1. The molecule has 0 heterocycles. The average molecular weight is 224 g/mol.